The van der Waals surface area contributed by atoms with Gasteiger partial charge in [0.2, 0.25) is 5.91 Å². The van der Waals surface area contributed by atoms with E-state index in [2.05, 4.69) is 17.1 Å². The summed E-state index contributed by atoms with van der Waals surface area (Å²) in [4.78, 5) is 13.2. The van der Waals surface area contributed by atoms with Crippen LogP contribution in [0, 0.1) is 5.92 Å². The first-order valence-corrected chi connectivity index (χ1v) is 5.76. The summed E-state index contributed by atoms with van der Waals surface area (Å²) in [5.74, 6) is 0.683. The van der Waals surface area contributed by atoms with Crippen molar-refractivity contribution in [1.29, 1.82) is 0 Å². The van der Waals surface area contributed by atoms with E-state index in [1.165, 1.54) is 0 Å². The molecule has 0 aromatic rings. The van der Waals surface area contributed by atoms with Gasteiger partial charge in [-0.3, -0.25) is 9.69 Å². The Kier molecular flexibility index (Phi) is 5.05. The van der Waals surface area contributed by atoms with Gasteiger partial charge >= 0.3 is 0 Å². The van der Waals surface area contributed by atoms with Gasteiger partial charge in [-0.25, -0.2) is 0 Å². The molecule has 1 aliphatic rings. The minimum absolute atomic E-state index is 0.0423. The third-order valence-electron chi connectivity index (χ3n) is 3.01. The number of β-amino-alcohol motifs (C(OH)–C–C–N with tert-alkyl or cyclic N) is 1. The number of carbonyl (C=O) groups is 1. The molecule has 2 atom stereocenters. The molecule has 2 N–H and O–H groups in total. The van der Waals surface area contributed by atoms with Crippen LogP contribution in [0.25, 0.3) is 0 Å². The first kappa shape index (κ1) is 12.5. The Morgan fingerprint density at radius 3 is 2.80 bits per heavy atom. The fourth-order valence-electron chi connectivity index (χ4n) is 2.31. The molecule has 2 unspecified atom stereocenters. The standard InChI is InChI=1S/C11H22N2O2/c1-3-10-6-11(12-9(2)15)8-13(7-10)4-5-14/h10-11,14H,3-8H2,1-2H3,(H,12,15). The lowest BCUT2D eigenvalue weighted by atomic mass is 9.92. The maximum Gasteiger partial charge on any atom is 0.217 e. The average molecular weight is 214 g/mol. The smallest absolute Gasteiger partial charge is 0.217 e. The van der Waals surface area contributed by atoms with E-state index in [1.807, 2.05) is 0 Å². The summed E-state index contributed by atoms with van der Waals surface area (Å²) in [6.45, 7) is 6.57. The number of aliphatic hydroxyl groups excluding tert-OH is 1. The molecule has 1 fully saturated rings. The van der Waals surface area contributed by atoms with Gasteiger partial charge in [-0.05, 0) is 12.3 Å². The third-order valence-corrected chi connectivity index (χ3v) is 3.01. The summed E-state index contributed by atoms with van der Waals surface area (Å²) >= 11 is 0. The Bertz CT molecular complexity index is 209. The molecule has 0 saturated carbocycles. The zero-order valence-corrected chi connectivity index (χ0v) is 9.70. The molecular formula is C11H22N2O2. The number of nitrogens with zero attached hydrogens (tertiary/aromatic N) is 1. The Morgan fingerprint density at radius 1 is 1.53 bits per heavy atom. The Balaban J connectivity index is 2.46. The van der Waals surface area contributed by atoms with Gasteiger partial charge in [-0.2, -0.15) is 0 Å². The third kappa shape index (κ3) is 4.18. The Morgan fingerprint density at radius 2 is 2.27 bits per heavy atom. The normalized spacial score (nSPS) is 27.7. The van der Waals surface area contributed by atoms with Crippen LogP contribution in [0.15, 0.2) is 0 Å². The van der Waals surface area contributed by atoms with Gasteiger partial charge in [0.15, 0.2) is 0 Å². The summed E-state index contributed by atoms with van der Waals surface area (Å²) in [5.41, 5.74) is 0. The number of hydrogen-bond acceptors (Lipinski definition) is 3. The number of aliphatic hydroxyl groups is 1. The van der Waals surface area contributed by atoms with Crippen LogP contribution in [-0.4, -0.2) is 48.2 Å². The zero-order chi connectivity index (χ0) is 11.3. The van der Waals surface area contributed by atoms with Gasteiger partial charge in [0, 0.05) is 32.6 Å². The minimum Gasteiger partial charge on any atom is -0.395 e. The lowest BCUT2D eigenvalue weighted by Crippen LogP contribution is -2.50. The van der Waals surface area contributed by atoms with Crippen LogP contribution >= 0.6 is 0 Å². The van der Waals surface area contributed by atoms with Crippen LogP contribution in [0.3, 0.4) is 0 Å². The van der Waals surface area contributed by atoms with Crippen LogP contribution in [-0.2, 0) is 4.79 Å². The van der Waals surface area contributed by atoms with Gasteiger partial charge in [-0.1, -0.05) is 13.3 Å². The van der Waals surface area contributed by atoms with Gasteiger partial charge in [-0.15, -0.1) is 0 Å². The molecule has 1 amide bonds. The molecule has 0 aromatic carbocycles. The SMILES string of the molecule is CCC1CC(NC(C)=O)CN(CCO)C1. The minimum atomic E-state index is 0.0423. The molecule has 1 heterocycles. The Hall–Kier alpha value is -0.610. The predicted molar refractivity (Wildman–Crippen MR) is 59.5 cm³/mol. The predicted octanol–water partition coefficient (Wildman–Crippen LogP) is 0.215. The summed E-state index contributed by atoms with van der Waals surface area (Å²) in [6.07, 6.45) is 2.20. The summed E-state index contributed by atoms with van der Waals surface area (Å²) in [6, 6.07) is 0.257. The molecule has 15 heavy (non-hydrogen) atoms. The van der Waals surface area contributed by atoms with Crippen LogP contribution < -0.4 is 5.32 Å². The molecule has 0 aromatic heterocycles. The number of likely N-dealkylation sites (tertiary alicyclic amines) is 1. The van der Waals surface area contributed by atoms with Crippen molar-refractivity contribution >= 4 is 5.91 Å². The van der Waals surface area contributed by atoms with Crippen LogP contribution in [0.5, 0.6) is 0 Å². The van der Waals surface area contributed by atoms with Crippen molar-refractivity contribution in [2.45, 2.75) is 32.7 Å². The molecule has 1 rings (SSSR count). The van der Waals surface area contributed by atoms with Crippen molar-refractivity contribution in [3.8, 4) is 0 Å². The van der Waals surface area contributed by atoms with Crippen molar-refractivity contribution in [2.75, 3.05) is 26.2 Å². The van der Waals surface area contributed by atoms with Crippen molar-refractivity contribution in [2.24, 2.45) is 5.92 Å². The maximum atomic E-state index is 11.0. The fraction of sp³-hybridized carbons (Fsp3) is 0.909. The highest BCUT2D eigenvalue weighted by Crippen LogP contribution is 2.19. The van der Waals surface area contributed by atoms with Gasteiger partial charge in [0.05, 0.1) is 6.61 Å². The summed E-state index contributed by atoms with van der Waals surface area (Å²) in [7, 11) is 0. The van der Waals surface area contributed by atoms with E-state index in [0.717, 1.165) is 25.9 Å². The van der Waals surface area contributed by atoms with E-state index in [9.17, 15) is 4.79 Å². The number of amides is 1. The first-order valence-electron chi connectivity index (χ1n) is 5.76. The second kappa shape index (κ2) is 6.08. The fourth-order valence-corrected chi connectivity index (χ4v) is 2.31. The molecule has 88 valence electrons. The highest BCUT2D eigenvalue weighted by Gasteiger charge is 2.26. The van der Waals surface area contributed by atoms with E-state index in [1.54, 1.807) is 6.92 Å². The largest absolute Gasteiger partial charge is 0.395 e. The molecule has 4 heteroatoms. The second-order valence-electron chi connectivity index (χ2n) is 4.39. The monoisotopic (exact) mass is 214 g/mol. The van der Waals surface area contributed by atoms with Crippen molar-refractivity contribution in [3.63, 3.8) is 0 Å². The van der Waals surface area contributed by atoms with Gasteiger partial charge in [0.25, 0.3) is 0 Å². The molecule has 0 bridgehead atoms. The van der Waals surface area contributed by atoms with Crippen molar-refractivity contribution < 1.29 is 9.90 Å². The maximum absolute atomic E-state index is 11.0. The first-order chi connectivity index (χ1) is 7.15. The molecular weight excluding hydrogens is 192 g/mol. The van der Waals surface area contributed by atoms with E-state index in [-0.39, 0.29) is 18.6 Å². The second-order valence-corrected chi connectivity index (χ2v) is 4.39. The van der Waals surface area contributed by atoms with Gasteiger partial charge < -0.3 is 10.4 Å². The van der Waals surface area contributed by atoms with Crippen LogP contribution in [0.1, 0.15) is 26.7 Å². The highest BCUT2D eigenvalue weighted by molar-refractivity contribution is 5.73. The van der Waals surface area contributed by atoms with Gasteiger partial charge in [0.1, 0.15) is 0 Å². The van der Waals surface area contributed by atoms with Crippen molar-refractivity contribution in [1.82, 2.24) is 10.2 Å². The molecule has 0 spiro atoms. The van der Waals surface area contributed by atoms with Crippen LogP contribution in [0.2, 0.25) is 0 Å². The van der Waals surface area contributed by atoms with E-state index in [4.69, 9.17) is 5.11 Å². The van der Waals surface area contributed by atoms with Crippen molar-refractivity contribution in [3.05, 3.63) is 0 Å². The molecule has 1 aliphatic heterocycles. The van der Waals surface area contributed by atoms with E-state index < -0.39 is 0 Å². The van der Waals surface area contributed by atoms with Crippen LogP contribution in [0.4, 0.5) is 0 Å². The lowest BCUT2D eigenvalue weighted by molar-refractivity contribution is -0.120. The van der Waals surface area contributed by atoms with E-state index >= 15 is 0 Å². The topological polar surface area (TPSA) is 52.6 Å². The summed E-state index contributed by atoms with van der Waals surface area (Å²) < 4.78 is 0. The number of rotatable bonds is 4. The summed E-state index contributed by atoms with van der Waals surface area (Å²) in [5, 5.41) is 11.9. The number of nitrogens with one attached hydrogen (secondary N) is 1. The molecule has 0 radical (unpaired) electrons. The molecule has 4 nitrogen and oxygen atoms in total. The number of piperidine rings is 1. The number of carbonyl (C=O) groups excluding carboxylic acids is 1. The Labute approximate surface area is 91.6 Å². The average Bonchev–Trinajstić information content (AvgIpc) is 2.16. The zero-order valence-electron chi connectivity index (χ0n) is 9.70. The molecule has 0 aliphatic carbocycles. The lowest BCUT2D eigenvalue weighted by Gasteiger charge is -2.37. The van der Waals surface area contributed by atoms with E-state index in [0.29, 0.717) is 12.5 Å². The quantitative estimate of drug-likeness (QED) is 0.703. The number of hydrogen-bond donors (Lipinski definition) is 2. The molecule has 1 saturated heterocycles. The highest BCUT2D eigenvalue weighted by atomic mass is 16.3.